The Kier molecular flexibility index (Phi) is 7.05. The van der Waals surface area contributed by atoms with E-state index in [-0.39, 0.29) is 27.7 Å². The van der Waals surface area contributed by atoms with Crippen LogP contribution in [0, 0.1) is 6.92 Å². The number of halogens is 2. The van der Waals surface area contributed by atoms with E-state index in [9.17, 15) is 14.4 Å². The second-order valence-corrected chi connectivity index (χ2v) is 10.1. The maximum absolute atomic E-state index is 13.0. The second kappa shape index (κ2) is 9.90. The third kappa shape index (κ3) is 5.52. The van der Waals surface area contributed by atoms with Crippen molar-refractivity contribution in [3.8, 4) is 11.4 Å². The molecule has 192 valence electrons. The lowest BCUT2D eigenvalue weighted by molar-refractivity contribution is 0.0240. The number of amides is 2. The average molecular weight is 537 g/mol. The van der Waals surface area contributed by atoms with Gasteiger partial charge in [-0.2, -0.15) is 0 Å². The van der Waals surface area contributed by atoms with Gasteiger partial charge < -0.3 is 24.8 Å². The molecule has 2 amide bonds. The van der Waals surface area contributed by atoms with Crippen LogP contribution < -0.4 is 16.0 Å². The molecule has 2 aromatic heterocycles. The summed E-state index contributed by atoms with van der Waals surface area (Å²) in [4.78, 5) is 46.0. The zero-order valence-electron chi connectivity index (χ0n) is 20.2. The van der Waals surface area contributed by atoms with Gasteiger partial charge in [0.15, 0.2) is 5.82 Å². The molecule has 0 atom stereocenters. The number of nitrogens with one attached hydrogen (secondary N) is 3. The number of benzene rings is 1. The maximum Gasteiger partial charge on any atom is 0.439 e. The Bertz CT molecular complexity index is 1350. The van der Waals surface area contributed by atoms with Gasteiger partial charge in [-0.15, -0.1) is 0 Å². The molecule has 0 saturated carbocycles. The molecule has 4 rings (SSSR count). The van der Waals surface area contributed by atoms with Gasteiger partial charge >= 0.3 is 11.8 Å². The first-order valence-electron chi connectivity index (χ1n) is 11.2. The SMILES string of the molecule is Cc1[nH]c(C(=O)Nc2ccc(-c3noc(=O)[nH]3)cc2N2CCN(C(=O)OC(C)(C)C)CC2)c(Cl)c1Cl. The molecule has 0 radical (unpaired) electrons. The lowest BCUT2D eigenvalue weighted by Crippen LogP contribution is -2.50. The summed E-state index contributed by atoms with van der Waals surface area (Å²) in [5.74, 6) is -0.892. The molecule has 1 aliphatic heterocycles. The van der Waals surface area contributed by atoms with E-state index in [1.165, 1.54) is 0 Å². The fourth-order valence-corrected chi connectivity index (χ4v) is 4.19. The highest BCUT2D eigenvalue weighted by molar-refractivity contribution is 6.44. The second-order valence-electron chi connectivity index (χ2n) is 9.34. The van der Waals surface area contributed by atoms with Gasteiger partial charge in [-0.1, -0.05) is 28.4 Å². The van der Waals surface area contributed by atoms with Crippen molar-refractivity contribution in [3.63, 3.8) is 0 Å². The Balaban J connectivity index is 1.61. The average Bonchev–Trinajstić information content (AvgIpc) is 3.37. The molecule has 0 spiro atoms. The highest BCUT2D eigenvalue weighted by Gasteiger charge is 2.28. The van der Waals surface area contributed by atoms with E-state index >= 15 is 0 Å². The van der Waals surface area contributed by atoms with Gasteiger partial charge in [-0.05, 0) is 45.9 Å². The number of aryl methyl sites for hydroxylation is 1. The molecule has 3 heterocycles. The van der Waals surface area contributed by atoms with Crippen LogP contribution in [0.25, 0.3) is 11.4 Å². The topological polar surface area (TPSA) is 137 Å². The molecule has 0 unspecified atom stereocenters. The van der Waals surface area contributed by atoms with Crippen LogP contribution in [0.15, 0.2) is 27.5 Å². The highest BCUT2D eigenvalue weighted by Crippen LogP contribution is 2.34. The van der Waals surface area contributed by atoms with Crippen LogP contribution >= 0.6 is 23.2 Å². The molecule has 1 aromatic carbocycles. The Morgan fingerprint density at radius 1 is 1.11 bits per heavy atom. The standard InChI is InChI=1S/C23H26Cl2N6O5/c1-12-16(24)17(25)18(26-12)20(32)27-14-6-5-13(19-28-21(33)36-29-19)11-15(14)30-7-9-31(10-8-30)22(34)35-23(2,3)4/h5-6,11,26H,7-10H2,1-4H3,(H,27,32)(H,28,29,33). The fourth-order valence-electron chi connectivity index (χ4n) is 3.77. The van der Waals surface area contributed by atoms with Crippen molar-refractivity contribution < 1.29 is 18.8 Å². The van der Waals surface area contributed by atoms with Crippen LogP contribution in [0.2, 0.25) is 10.0 Å². The van der Waals surface area contributed by atoms with E-state index in [1.54, 1.807) is 30.0 Å². The number of piperazine rings is 1. The molecule has 36 heavy (non-hydrogen) atoms. The van der Waals surface area contributed by atoms with Crippen LogP contribution in [0.1, 0.15) is 37.0 Å². The normalized spacial score (nSPS) is 14.2. The Labute approximate surface area is 216 Å². The van der Waals surface area contributed by atoms with E-state index < -0.39 is 17.3 Å². The highest BCUT2D eigenvalue weighted by atomic mass is 35.5. The van der Waals surface area contributed by atoms with Gasteiger partial charge in [0.05, 0.1) is 21.4 Å². The first kappa shape index (κ1) is 25.6. The minimum atomic E-state index is -0.677. The molecule has 11 nitrogen and oxygen atoms in total. The minimum absolute atomic E-state index is 0.135. The monoisotopic (exact) mass is 536 g/mol. The summed E-state index contributed by atoms with van der Waals surface area (Å²) >= 11 is 12.4. The van der Waals surface area contributed by atoms with Gasteiger partial charge in [0.25, 0.3) is 5.91 Å². The number of H-pyrrole nitrogens is 2. The predicted molar refractivity (Wildman–Crippen MR) is 136 cm³/mol. The first-order valence-corrected chi connectivity index (χ1v) is 12.0. The minimum Gasteiger partial charge on any atom is -0.444 e. The zero-order chi connectivity index (χ0) is 26.2. The molecule has 3 N–H and O–H groups in total. The molecule has 3 aromatic rings. The third-order valence-electron chi connectivity index (χ3n) is 5.51. The number of aromatic nitrogens is 3. The number of carbonyl (C=O) groups excluding carboxylic acids is 2. The van der Waals surface area contributed by atoms with Gasteiger partial charge in [-0.3, -0.25) is 14.3 Å². The van der Waals surface area contributed by atoms with Crippen molar-refractivity contribution in [3.05, 3.63) is 50.2 Å². The Hall–Kier alpha value is -3.44. The lowest BCUT2D eigenvalue weighted by Gasteiger charge is -2.37. The summed E-state index contributed by atoms with van der Waals surface area (Å²) in [6, 6.07) is 5.17. The number of carbonyl (C=O) groups is 2. The number of anilines is 2. The van der Waals surface area contributed by atoms with Gasteiger partial charge in [-0.25, -0.2) is 9.59 Å². The zero-order valence-corrected chi connectivity index (χ0v) is 21.7. The molecule has 13 heteroatoms. The Morgan fingerprint density at radius 3 is 2.36 bits per heavy atom. The van der Waals surface area contributed by atoms with Crippen LogP contribution in [0.5, 0.6) is 0 Å². The van der Waals surface area contributed by atoms with Crippen molar-refractivity contribution >= 4 is 46.6 Å². The van der Waals surface area contributed by atoms with E-state index in [4.69, 9.17) is 27.9 Å². The van der Waals surface area contributed by atoms with Crippen molar-refractivity contribution in [2.45, 2.75) is 33.3 Å². The summed E-state index contributed by atoms with van der Waals surface area (Å²) in [5, 5.41) is 7.05. The maximum atomic E-state index is 13.0. The van der Waals surface area contributed by atoms with Crippen LogP contribution in [0.4, 0.5) is 16.2 Å². The van der Waals surface area contributed by atoms with Crippen LogP contribution in [0.3, 0.4) is 0 Å². The number of hydrogen-bond donors (Lipinski definition) is 3. The summed E-state index contributed by atoms with van der Waals surface area (Å²) in [6.45, 7) is 8.98. The van der Waals surface area contributed by atoms with E-state index in [0.717, 1.165) is 0 Å². The number of ether oxygens (including phenoxy) is 1. The number of nitrogens with zero attached hydrogens (tertiary/aromatic N) is 3. The summed E-state index contributed by atoms with van der Waals surface area (Å²) < 4.78 is 10.1. The molecule has 0 bridgehead atoms. The van der Waals surface area contributed by atoms with Gasteiger partial charge in [0, 0.05) is 37.4 Å². The Morgan fingerprint density at radius 2 is 1.81 bits per heavy atom. The van der Waals surface area contributed by atoms with Gasteiger partial charge in [0.2, 0.25) is 0 Å². The van der Waals surface area contributed by atoms with E-state index in [1.807, 2.05) is 25.7 Å². The van der Waals surface area contributed by atoms with E-state index in [0.29, 0.717) is 48.8 Å². The first-order chi connectivity index (χ1) is 16.9. The molecule has 1 aliphatic rings. The fraction of sp³-hybridized carbons (Fsp3) is 0.391. The van der Waals surface area contributed by atoms with Crippen molar-refractivity contribution in [1.82, 2.24) is 20.0 Å². The molecule has 0 aliphatic carbocycles. The van der Waals surface area contributed by atoms with E-state index in [2.05, 4.69) is 25.0 Å². The van der Waals surface area contributed by atoms with Crippen molar-refractivity contribution in [1.29, 1.82) is 0 Å². The molecule has 1 saturated heterocycles. The lowest BCUT2D eigenvalue weighted by atomic mass is 10.1. The molecule has 1 fully saturated rings. The van der Waals surface area contributed by atoms with Crippen LogP contribution in [-0.4, -0.2) is 63.8 Å². The largest absolute Gasteiger partial charge is 0.444 e. The smallest absolute Gasteiger partial charge is 0.439 e. The molecular weight excluding hydrogens is 511 g/mol. The molecular formula is C23H26Cl2N6O5. The van der Waals surface area contributed by atoms with Crippen LogP contribution in [-0.2, 0) is 4.74 Å². The number of hydrogen-bond acceptors (Lipinski definition) is 7. The number of rotatable bonds is 4. The number of aromatic amines is 2. The summed E-state index contributed by atoms with van der Waals surface area (Å²) in [6.07, 6.45) is -0.377. The summed E-state index contributed by atoms with van der Waals surface area (Å²) in [7, 11) is 0. The third-order valence-corrected chi connectivity index (χ3v) is 6.46. The van der Waals surface area contributed by atoms with Crippen molar-refractivity contribution in [2.24, 2.45) is 0 Å². The quantitative estimate of drug-likeness (QED) is 0.452. The van der Waals surface area contributed by atoms with Crippen molar-refractivity contribution in [2.75, 3.05) is 36.4 Å². The summed E-state index contributed by atoms with van der Waals surface area (Å²) in [5.41, 5.74) is 1.88. The van der Waals surface area contributed by atoms with Gasteiger partial charge in [0.1, 0.15) is 11.3 Å². The predicted octanol–water partition coefficient (Wildman–Crippen LogP) is 4.28.